The summed E-state index contributed by atoms with van der Waals surface area (Å²) in [7, 11) is 0. The van der Waals surface area contributed by atoms with Gasteiger partial charge >= 0.3 is 0 Å². The second-order valence-corrected chi connectivity index (χ2v) is 3.50. The first-order valence-electron chi connectivity index (χ1n) is 4.59. The number of aromatic nitrogens is 1. The van der Waals surface area contributed by atoms with Crippen LogP contribution in [0.2, 0.25) is 0 Å². The fourth-order valence-electron chi connectivity index (χ4n) is 1.06. The van der Waals surface area contributed by atoms with Crippen molar-refractivity contribution < 1.29 is 5.21 Å². The molecule has 3 heteroatoms. The van der Waals surface area contributed by atoms with Crippen LogP contribution < -0.4 is 5.06 Å². The minimum absolute atomic E-state index is 0.121. The zero-order chi connectivity index (χ0) is 10.7. The SMILES string of the molecule is C=C(C)C(C)N(O)c1cccc(C)n1. The molecule has 3 nitrogen and oxygen atoms in total. The predicted octanol–water partition coefficient (Wildman–Crippen LogP) is 2.55. The van der Waals surface area contributed by atoms with Gasteiger partial charge in [0.05, 0.1) is 6.04 Å². The molecule has 0 spiro atoms. The number of pyridine rings is 1. The quantitative estimate of drug-likeness (QED) is 0.590. The van der Waals surface area contributed by atoms with E-state index in [9.17, 15) is 5.21 Å². The molecule has 0 radical (unpaired) electrons. The Morgan fingerprint density at radius 2 is 2.21 bits per heavy atom. The molecule has 1 rings (SSSR count). The Kier molecular flexibility index (Phi) is 3.25. The molecule has 1 atom stereocenters. The van der Waals surface area contributed by atoms with Gasteiger partial charge in [0.2, 0.25) is 0 Å². The highest BCUT2D eigenvalue weighted by Crippen LogP contribution is 2.15. The molecule has 0 amide bonds. The zero-order valence-electron chi connectivity index (χ0n) is 8.86. The lowest BCUT2D eigenvalue weighted by Crippen LogP contribution is -2.30. The van der Waals surface area contributed by atoms with Gasteiger partial charge in [-0.3, -0.25) is 5.21 Å². The van der Waals surface area contributed by atoms with E-state index in [2.05, 4.69) is 11.6 Å². The number of hydrogen-bond acceptors (Lipinski definition) is 3. The van der Waals surface area contributed by atoms with Crippen LogP contribution in [0.1, 0.15) is 19.5 Å². The van der Waals surface area contributed by atoms with E-state index in [4.69, 9.17) is 0 Å². The highest BCUT2D eigenvalue weighted by atomic mass is 16.5. The van der Waals surface area contributed by atoms with Gasteiger partial charge in [-0.15, -0.1) is 0 Å². The second-order valence-electron chi connectivity index (χ2n) is 3.50. The Morgan fingerprint density at radius 3 is 2.71 bits per heavy atom. The Balaban J connectivity index is 2.89. The summed E-state index contributed by atoms with van der Waals surface area (Å²) in [6.07, 6.45) is 0. The zero-order valence-corrected chi connectivity index (χ0v) is 8.86. The highest BCUT2D eigenvalue weighted by Gasteiger charge is 2.13. The molecule has 0 aliphatic carbocycles. The van der Waals surface area contributed by atoms with Gasteiger partial charge in [-0.05, 0) is 32.9 Å². The third-order valence-corrected chi connectivity index (χ3v) is 2.19. The third kappa shape index (κ3) is 2.33. The summed E-state index contributed by atoms with van der Waals surface area (Å²) in [4.78, 5) is 4.21. The summed E-state index contributed by atoms with van der Waals surface area (Å²) in [5.41, 5.74) is 1.78. The number of anilines is 1. The van der Waals surface area contributed by atoms with E-state index in [1.807, 2.05) is 32.9 Å². The summed E-state index contributed by atoms with van der Waals surface area (Å²) in [6.45, 7) is 9.45. The molecule has 76 valence electrons. The summed E-state index contributed by atoms with van der Waals surface area (Å²) in [5, 5.41) is 10.9. The number of hydroxylamine groups is 1. The lowest BCUT2D eigenvalue weighted by Gasteiger charge is -2.23. The van der Waals surface area contributed by atoms with Crippen molar-refractivity contribution in [3.63, 3.8) is 0 Å². The first kappa shape index (κ1) is 10.7. The Hall–Kier alpha value is -1.35. The van der Waals surface area contributed by atoms with Gasteiger partial charge in [0, 0.05) is 5.69 Å². The topological polar surface area (TPSA) is 36.4 Å². The Labute approximate surface area is 84.7 Å². The molecule has 0 saturated heterocycles. The van der Waals surface area contributed by atoms with Crippen LogP contribution in [-0.2, 0) is 0 Å². The van der Waals surface area contributed by atoms with Crippen LogP contribution in [0.3, 0.4) is 0 Å². The van der Waals surface area contributed by atoms with Gasteiger partial charge < -0.3 is 0 Å². The van der Waals surface area contributed by atoms with E-state index >= 15 is 0 Å². The van der Waals surface area contributed by atoms with Gasteiger partial charge in [-0.1, -0.05) is 18.2 Å². The minimum Gasteiger partial charge on any atom is -0.286 e. The molecule has 1 heterocycles. The molecular weight excluding hydrogens is 176 g/mol. The standard InChI is InChI=1S/C11H16N2O/c1-8(2)10(4)13(14)11-7-5-6-9(3)12-11/h5-7,10,14H,1H2,2-4H3. The van der Waals surface area contributed by atoms with Crippen LogP contribution in [0.15, 0.2) is 30.4 Å². The van der Waals surface area contributed by atoms with Crippen LogP contribution in [-0.4, -0.2) is 16.2 Å². The van der Waals surface area contributed by atoms with Crippen molar-refractivity contribution in [2.45, 2.75) is 26.8 Å². The lowest BCUT2D eigenvalue weighted by atomic mass is 10.2. The predicted molar refractivity (Wildman–Crippen MR) is 57.5 cm³/mol. The fourth-order valence-corrected chi connectivity index (χ4v) is 1.06. The van der Waals surface area contributed by atoms with E-state index in [1.54, 1.807) is 6.07 Å². The summed E-state index contributed by atoms with van der Waals surface area (Å²) < 4.78 is 0. The average Bonchev–Trinajstić information content (AvgIpc) is 2.15. The molecule has 1 aromatic rings. The van der Waals surface area contributed by atoms with Gasteiger partial charge in [-0.25, -0.2) is 10.0 Å². The Morgan fingerprint density at radius 1 is 1.57 bits per heavy atom. The second kappa shape index (κ2) is 4.24. The van der Waals surface area contributed by atoms with E-state index in [-0.39, 0.29) is 6.04 Å². The van der Waals surface area contributed by atoms with E-state index < -0.39 is 0 Å². The number of rotatable bonds is 3. The number of nitrogens with zero attached hydrogens (tertiary/aromatic N) is 2. The molecule has 0 aliphatic rings. The van der Waals surface area contributed by atoms with Gasteiger partial charge in [0.25, 0.3) is 0 Å². The molecule has 1 aromatic heterocycles. The molecule has 0 bridgehead atoms. The molecular formula is C11H16N2O. The summed E-state index contributed by atoms with van der Waals surface area (Å²) >= 11 is 0. The van der Waals surface area contributed by atoms with E-state index in [0.717, 1.165) is 16.3 Å². The van der Waals surface area contributed by atoms with Crippen LogP contribution >= 0.6 is 0 Å². The molecule has 0 aliphatic heterocycles. The summed E-state index contributed by atoms with van der Waals surface area (Å²) in [6, 6.07) is 5.41. The van der Waals surface area contributed by atoms with Crippen LogP contribution in [0, 0.1) is 6.92 Å². The van der Waals surface area contributed by atoms with E-state index in [0.29, 0.717) is 5.82 Å². The molecule has 1 unspecified atom stereocenters. The normalized spacial score (nSPS) is 12.3. The Bertz CT molecular complexity index is 336. The first-order valence-corrected chi connectivity index (χ1v) is 4.59. The lowest BCUT2D eigenvalue weighted by molar-refractivity contribution is 0.231. The largest absolute Gasteiger partial charge is 0.286 e. The number of hydrogen-bond donors (Lipinski definition) is 1. The maximum atomic E-state index is 9.79. The fraction of sp³-hybridized carbons (Fsp3) is 0.364. The van der Waals surface area contributed by atoms with Crippen molar-refractivity contribution in [1.29, 1.82) is 0 Å². The van der Waals surface area contributed by atoms with Crippen molar-refractivity contribution in [2.75, 3.05) is 5.06 Å². The van der Waals surface area contributed by atoms with Crippen molar-refractivity contribution in [2.24, 2.45) is 0 Å². The van der Waals surface area contributed by atoms with Crippen LogP contribution in [0.4, 0.5) is 5.82 Å². The van der Waals surface area contributed by atoms with Crippen molar-refractivity contribution in [1.82, 2.24) is 4.98 Å². The van der Waals surface area contributed by atoms with Gasteiger partial charge in [-0.2, -0.15) is 0 Å². The third-order valence-electron chi connectivity index (χ3n) is 2.19. The van der Waals surface area contributed by atoms with Crippen molar-refractivity contribution in [3.05, 3.63) is 36.0 Å². The molecule has 0 fully saturated rings. The van der Waals surface area contributed by atoms with Crippen molar-refractivity contribution in [3.8, 4) is 0 Å². The molecule has 0 saturated carbocycles. The average molecular weight is 192 g/mol. The molecule has 0 aromatic carbocycles. The van der Waals surface area contributed by atoms with Crippen molar-refractivity contribution >= 4 is 5.82 Å². The van der Waals surface area contributed by atoms with E-state index in [1.165, 1.54) is 0 Å². The van der Waals surface area contributed by atoms with Gasteiger partial charge in [0.1, 0.15) is 0 Å². The summed E-state index contributed by atoms with van der Waals surface area (Å²) in [5.74, 6) is 0.556. The minimum atomic E-state index is -0.121. The number of aryl methyl sites for hydroxylation is 1. The maximum absolute atomic E-state index is 9.79. The smallest absolute Gasteiger partial charge is 0.153 e. The monoisotopic (exact) mass is 192 g/mol. The van der Waals surface area contributed by atoms with Crippen LogP contribution in [0.5, 0.6) is 0 Å². The van der Waals surface area contributed by atoms with Crippen LogP contribution in [0.25, 0.3) is 0 Å². The van der Waals surface area contributed by atoms with Gasteiger partial charge in [0.15, 0.2) is 5.82 Å². The first-order chi connectivity index (χ1) is 6.52. The molecule has 1 N–H and O–H groups in total. The maximum Gasteiger partial charge on any atom is 0.153 e. The molecule has 14 heavy (non-hydrogen) atoms. The highest BCUT2D eigenvalue weighted by molar-refractivity contribution is 5.38.